The van der Waals surface area contributed by atoms with Gasteiger partial charge in [0.05, 0.1) is 0 Å². The third-order valence-electron chi connectivity index (χ3n) is 8.82. The van der Waals surface area contributed by atoms with Crippen LogP contribution in [-0.4, -0.2) is 0 Å². The smallest absolute Gasteiger partial charge is 0.136 e. The van der Waals surface area contributed by atoms with Crippen molar-refractivity contribution in [3.8, 4) is 0 Å². The monoisotopic (exact) mass is 597 g/mol. The number of fused-ring (bicyclic) bond motifs is 10. The summed E-state index contributed by atoms with van der Waals surface area (Å²) >= 11 is 3.72. The number of anilines is 3. The fourth-order valence-electron chi connectivity index (χ4n) is 6.75. The van der Waals surface area contributed by atoms with Crippen molar-refractivity contribution in [2.75, 3.05) is 4.90 Å². The molecule has 0 atom stereocenters. The normalized spacial score (nSPS) is 12.1. The van der Waals surface area contributed by atoms with E-state index in [1.165, 1.54) is 51.1 Å². The van der Waals surface area contributed by atoms with Gasteiger partial charge in [0.1, 0.15) is 11.2 Å². The predicted molar refractivity (Wildman–Crippen MR) is 192 cm³/mol. The lowest BCUT2D eigenvalue weighted by Crippen LogP contribution is -2.09. The lowest BCUT2D eigenvalue weighted by molar-refractivity contribution is 0.669. The van der Waals surface area contributed by atoms with E-state index in [4.69, 9.17) is 4.42 Å². The van der Waals surface area contributed by atoms with Crippen molar-refractivity contribution in [2.45, 2.75) is 0 Å². The fraction of sp³-hybridized carbons (Fsp3) is 0. The maximum absolute atomic E-state index is 6.20. The van der Waals surface area contributed by atoms with Crippen LogP contribution in [0.1, 0.15) is 0 Å². The Morgan fingerprint density at radius 2 is 0.909 bits per heavy atom. The molecule has 0 N–H and O–H groups in total. The van der Waals surface area contributed by atoms with Gasteiger partial charge in [0.15, 0.2) is 0 Å². The Hall–Kier alpha value is -5.16. The first-order valence-corrected chi connectivity index (χ1v) is 16.4. The van der Waals surface area contributed by atoms with Crippen LogP contribution in [0, 0.1) is 0 Å². The van der Waals surface area contributed by atoms with Crippen molar-refractivity contribution in [3.63, 3.8) is 0 Å². The lowest BCUT2D eigenvalue weighted by Gasteiger charge is -2.26. The molecule has 3 aromatic heterocycles. The van der Waals surface area contributed by atoms with Crippen LogP contribution in [-0.2, 0) is 0 Å². The summed E-state index contributed by atoms with van der Waals surface area (Å²) in [4.78, 5) is 2.41. The van der Waals surface area contributed by atoms with E-state index >= 15 is 0 Å². The largest absolute Gasteiger partial charge is 0.456 e. The molecule has 0 spiro atoms. The Balaban J connectivity index is 1.21. The molecule has 3 heterocycles. The molecule has 0 aliphatic rings. The lowest BCUT2D eigenvalue weighted by atomic mass is 10.0. The molecule has 2 nitrogen and oxygen atoms in total. The molecule has 10 aromatic rings. The molecule has 0 saturated carbocycles. The third kappa shape index (κ3) is 3.59. The first-order valence-electron chi connectivity index (χ1n) is 14.7. The second-order valence-corrected chi connectivity index (χ2v) is 13.5. The molecule has 10 rings (SSSR count). The highest BCUT2D eigenvalue weighted by atomic mass is 32.1. The first-order chi connectivity index (χ1) is 21.8. The summed E-state index contributed by atoms with van der Waals surface area (Å²) in [5.41, 5.74) is 5.28. The van der Waals surface area contributed by atoms with Crippen molar-refractivity contribution in [1.29, 1.82) is 0 Å². The zero-order chi connectivity index (χ0) is 28.8. The van der Waals surface area contributed by atoms with Crippen LogP contribution >= 0.6 is 22.7 Å². The molecule has 0 bridgehead atoms. The van der Waals surface area contributed by atoms with Crippen molar-refractivity contribution in [3.05, 3.63) is 140 Å². The van der Waals surface area contributed by atoms with Gasteiger partial charge in [-0.15, -0.1) is 22.7 Å². The molecule has 0 unspecified atom stereocenters. The molecule has 44 heavy (non-hydrogen) atoms. The van der Waals surface area contributed by atoms with Crippen molar-refractivity contribution >= 4 is 113 Å². The zero-order valence-corrected chi connectivity index (χ0v) is 25.1. The Bertz CT molecular complexity index is 2630. The van der Waals surface area contributed by atoms with Gasteiger partial charge < -0.3 is 9.32 Å². The minimum absolute atomic E-state index is 0.924. The summed E-state index contributed by atoms with van der Waals surface area (Å²) in [6, 6.07) is 50.8. The number of hydrogen-bond acceptors (Lipinski definition) is 4. The topological polar surface area (TPSA) is 16.4 Å². The Labute approximate surface area is 260 Å². The summed E-state index contributed by atoms with van der Waals surface area (Å²) in [5, 5.41) is 9.91. The van der Waals surface area contributed by atoms with Crippen LogP contribution in [0.2, 0.25) is 0 Å². The molecular weight excluding hydrogens is 575 g/mol. The second-order valence-electron chi connectivity index (χ2n) is 11.4. The Morgan fingerprint density at radius 3 is 1.59 bits per heavy atom. The Morgan fingerprint density at radius 1 is 0.364 bits per heavy atom. The minimum atomic E-state index is 0.924. The van der Waals surface area contributed by atoms with Crippen molar-refractivity contribution in [1.82, 2.24) is 0 Å². The molecular formula is C40H23NOS2. The van der Waals surface area contributed by atoms with Crippen LogP contribution in [0.25, 0.3) is 73.1 Å². The van der Waals surface area contributed by atoms with Gasteiger partial charge >= 0.3 is 0 Å². The standard InChI is InChI=1S/C40H23NOS2/c1-4-10-35-29(7-1)34-20-25-19-26(14-13-24(25)21-36(34)42-35)41(27-15-17-32-30-8-2-5-11-37(30)43-39(32)22-27)28-16-18-33-31-9-3-6-12-38(31)44-40(33)23-28/h1-23H. The minimum Gasteiger partial charge on any atom is -0.456 e. The van der Waals surface area contributed by atoms with Crippen LogP contribution in [0.5, 0.6) is 0 Å². The van der Waals surface area contributed by atoms with Crippen LogP contribution in [0.4, 0.5) is 17.1 Å². The zero-order valence-electron chi connectivity index (χ0n) is 23.5. The molecule has 0 fully saturated rings. The van der Waals surface area contributed by atoms with E-state index in [1.807, 2.05) is 34.8 Å². The molecule has 0 saturated heterocycles. The molecule has 206 valence electrons. The van der Waals surface area contributed by atoms with Crippen LogP contribution < -0.4 is 4.90 Å². The van der Waals surface area contributed by atoms with Gasteiger partial charge in [0.2, 0.25) is 0 Å². The van der Waals surface area contributed by atoms with Gasteiger partial charge in [0, 0.05) is 68.2 Å². The number of thiophene rings is 2. The maximum atomic E-state index is 6.20. The second kappa shape index (κ2) is 9.17. The molecule has 0 aliphatic carbocycles. The number of furan rings is 1. The SMILES string of the molecule is c1ccc2c(c1)oc1cc3ccc(N(c4ccc5c(c4)sc4ccccc45)c4ccc5c(c4)sc4ccccc45)cc3cc12. The van der Waals surface area contributed by atoms with Gasteiger partial charge in [-0.3, -0.25) is 0 Å². The fourth-order valence-corrected chi connectivity index (χ4v) is 9.03. The highest BCUT2D eigenvalue weighted by molar-refractivity contribution is 7.26. The van der Waals surface area contributed by atoms with E-state index in [1.54, 1.807) is 0 Å². The highest BCUT2D eigenvalue weighted by Crippen LogP contribution is 2.44. The summed E-state index contributed by atoms with van der Waals surface area (Å²) in [6.07, 6.45) is 0. The average molecular weight is 598 g/mol. The summed E-state index contributed by atoms with van der Waals surface area (Å²) in [7, 11) is 0. The molecule has 0 amide bonds. The Kier molecular flexibility index (Phi) is 5.06. The number of rotatable bonds is 3. The van der Waals surface area contributed by atoms with Crippen molar-refractivity contribution in [2.24, 2.45) is 0 Å². The van der Waals surface area contributed by atoms with E-state index in [0.29, 0.717) is 0 Å². The first kappa shape index (κ1) is 24.3. The number of para-hydroxylation sites is 1. The predicted octanol–water partition coefficient (Wildman–Crippen LogP) is 12.9. The number of nitrogens with zero attached hydrogens (tertiary/aromatic N) is 1. The molecule has 4 heteroatoms. The molecule has 0 radical (unpaired) electrons. The number of hydrogen-bond donors (Lipinski definition) is 0. The van der Waals surface area contributed by atoms with E-state index in [2.05, 4.69) is 132 Å². The summed E-state index contributed by atoms with van der Waals surface area (Å²) in [6.45, 7) is 0. The summed E-state index contributed by atoms with van der Waals surface area (Å²) in [5.74, 6) is 0. The average Bonchev–Trinajstić information content (AvgIpc) is 3.74. The summed E-state index contributed by atoms with van der Waals surface area (Å²) < 4.78 is 11.4. The quantitative estimate of drug-likeness (QED) is 0.201. The molecule has 7 aromatic carbocycles. The van der Waals surface area contributed by atoms with Gasteiger partial charge in [-0.25, -0.2) is 0 Å². The van der Waals surface area contributed by atoms with Gasteiger partial charge in [0.25, 0.3) is 0 Å². The van der Waals surface area contributed by atoms with E-state index in [-0.39, 0.29) is 0 Å². The molecule has 0 aliphatic heterocycles. The highest BCUT2D eigenvalue weighted by Gasteiger charge is 2.18. The van der Waals surface area contributed by atoms with E-state index in [0.717, 1.165) is 39.0 Å². The van der Waals surface area contributed by atoms with E-state index in [9.17, 15) is 0 Å². The third-order valence-corrected chi connectivity index (χ3v) is 11.1. The van der Waals surface area contributed by atoms with Crippen molar-refractivity contribution < 1.29 is 4.42 Å². The van der Waals surface area contributed by atoms with Gasteiger partial charge in [-0.1, -0.05) is 72.8 Å². The van der Waals surface area contributed by atoms with Crippen LogP contribution in [0.15, 0.2) is 144 Å². The number of benzene rings is 7. The van der Waals surface area contributed by atoms with Gasteiger partial charge in [-0.2, -0.15) is 0 Å². The van der Waals surface area contributed by atoms with Gasteiger partial charge in [-0.05, 0) is 77.5 Å². The van der Waals surface area contributed by atoms with E-state index < -0.39 is 0 Å². The maximum Gasteiger partial charge on any atom is 0.136 e. The van der Waals surface area contributed by atoms with Crippen LogP contribution in [0.3, 0.4) is 0 Å².